The lowest BCUT2D eigenvalue weighted by Crippen LogP contribution is -2.42. The summed E-state index contributed by atoms with van der Waals surface area (Å²) in [5.41, 5.74) is 1.14. The molecule has 4 nitrogen and oxygen atoms in total. The predicted octanol–water partition coefficient (Wildman–Crippen LogP) is 3.00. The van der Waals surface area contributed by atoms with Gasteiger partial charge in [0.2, 0.25) is 0 Å². The zero-order chi connectivity index (χ0) is 14.7. The summed E-state index contributed by atoms with van der Waals surface area (Å²) in [6.45, 7) is 3.26. The van der Waals surface area contributed by atoms with Crippen LogP contribution < -0.4 is 5.32 Å². The van der Waals surface area contributed by atoms with E-state index in [1.54, 1.807) is 0 Å². The molecule has 1 aliphatic rings. The number of nitrogens with zero attached hydrogens (tertiary/aromatic N) is 1. The first-order valence-corrected chi connectivity index (χ1v) is 8.12. The van der Waals surface area contributed by atoms with E-state index in [0.29, 0.717) is 17.6 Å². The number of nitrogens with one attached hydrogen (secondary N) is 1. The van der Waals surface area contributed by atoms with Gasteiger partial charge in [-0.1, -0.05) is 6.07 Å². The van der Waals surface area contributed by atoms with Crippen LogP contribution in [0.15, 0.2) is 23.1 Å². The lowest BCUT2D eigenvalue weighted by atomic mass is 9.98. The molecule has 0 aromatic heterocycles. The monoisotopic (exact) mass is 294 g/mol. The van der Waals surface area contributed by atoms with Crippen molar-refractivity contribution in [2.75, 3.05) is 25.2 Å². The first kappa shape index (κ1) is 15.2. The molecule has 0 saturated carbocycles. The maximum absolute atomic E-state index is 11.5. The van der Waals surface area contributed by atoms with Crippen LogP contribution in [0.2, 0.25) is 0 Å². The highest BCUT2D eigenvalue weighted by molar-refractivity contribution is 7.98. The molecule has 2 unspecified atom stereocenters. The summed E-state index contributed by atoms with van der Waals surface area (Å²) in [5.74, 6) is -0.863. The summed E-state index contributed by atoms with van der Waals surface area (Å²) < 4.78 is 0. The van der Waals surface area contributed by atoms with Gasteiger partial charge in [-0.15, -0.1) is 11.8 Å². The second-order valence-electron chi connectivity index (χ2n) is 5.38. The van der Waals surface area contributed by atoms with Crippen molar-refractivity contribution in [1.82, 2.24) is 4.90 Å². The molecule has 5 heteroatoms. The number of thioether (sulfide) groups is 1. The van der Waals surface area contributed by atoms with Crippen molar-refractivity contribution in [3.63, 3.8) is 0 Å². The third-order valence-corrected chi connectivity index (χ3v) is 4.81. The third-order valence-electron chi connectivity index (χ3n) is 4.03. The average Bonchev–Trinajstić information content (AvgIpc) is 2.42. The van der Waals surface area contributed by atoms with Gasteiger partial charge in [0.05, 0.1) is 11.3 Å². The van der Waals surface area contributed by atoms with Gasteiger partial charge in [-0.05, 0) is 45.2 Å². The maximum atomic E-state index is 11.5. The number of anilines is 1. The summed E-state index contributed by atoms with van der Waals surface area (Å²) >= 11 is 1.47. The number of likely N-dealkylation sites (tertiary alicyclic amines) is 1. The Morgan fingerprint density at radius 3 is 2.85 bits per heavy atom. The van der Waals surface area contributed by atoms with E-state index < -0.39 is 5.97 Å². The Bertz CT molecular complexity index is 493. The van der Waals surface area contributed by atoms with E-state index in [1.165, 1.54) is 11.8 Å². The zero-order valence-electron chi connectivity index (χ0n) is 12.2. The number of aromatic carboxylic acids is 1. The molecule has 0 bridgehead atoms. The van der Waals surface area contributed by atoms with Crippen LogP contribution in [0.3, 0.4) is 0 Å². The van der Waals surface area contributed by atoms with Gasteiger partial charge in [-0.25, -0.2) is 4.79 Å². The van der Waals surface area contributed by atoms with Gasteiger partial charge in [-0.3, -0.25) is 0 Å². The Kier molecular flexibility index (Phi) is 4.94. The molecule has 1 aromatic rings. The summed E-state index contributed by atoms with van der Waals surface area (Å²) in [5, 5.41) is 12.9. The largest absolute Gasteiger partial charge is 0.478 e. The fraction of sp³-hybridized carbons (Fsp3) is 0.533. The van der Waals surface area contributed by atoms with Gasteiger partial charge in [0.15, 0.2) is 0 Å². The van der Waals surface area contributed by atoms with E-state index in [4.69, 9.17) is 0 Å². The zero-order valence-corrected chi connectivity index (χ0v) is 13.0. The van der Waals surface area contributed by atoms with Crippen molar-refractivity contribution in [3.8, 4) is 0 Å². The Balaban J connectivity index is 2.19. The minimum absolute atomic E-state index is 0.344. The predicted molar refractivity (Wildman–Crippen MR) is 83.9 cm³/mol. The number of rotatable bonds is 4. The van der Waals surface area contributed by atoms with Crippen LogP contribution in [0.1, 0.15) is 30.1 Å². The lowest BCUT2D eigenvalue weighted by Gasteiger charge is -2.36. The fourth-order valence-corrected chi connectivity index (χ4v) is 3.30. The van der Waals surface area contributed by atoms with Gasteiger partial charge in [-0.2, -0.15) is 0 Å². The number of carboxylic acids is 1. The highest BCUT2D eigenvalue weighted by atomic mass is 32.2. The molecular weight excluding hydrogens is 272 g/mol. The second kappa shape index (κ2) is 6.50. The second-order valence-corrected chi connectivity index (χ2v) is 6.23. The quantitative estimate of drug-likeness (QED) is 0.836. The van der Waals surface area contributed by atoms with Gasteiger partial charge >= 0.3 is 5.97 Å². The molecule has 2 atom stereocenters. The summed E-state index contributed by atoms with van der Waals surface area (Å²) in [6.07, 6.45) is 3.99. The van der Waals surface area contributed by atoms with Gasteiger partial charge in [0.1, 0.15) is 0 Å². The van der Waals surface area contributed by atoms with Crippen molar-refractivity contribution < 1.29 is 9.90 Å². The molecule has 0 radical (unpaired) electrons. The molecule has 2 rings (SSSR count). The van der Waals surface area contributed by atoms with Crippen LogP contribution >= 0.6 is 11.8 Å². The number of carbonyl (C=O) groups is 1. The average molecular weight is 294 g/mol. The topological polar surface area (TPSA) is 52.6 Å². The summed E-state index contributed by atoms with van der Waals surface area (Å²) in [4.78, 5) is 14.6. The molecule has 1 aliphatic heterocycles. The number of hydrogen-bond acceptors (Lipinski definition) is 4. The third kappa shape index (κ3) is 3.27. The van der Waals surface area contributed by atoms with E-state index in [0.717, 1.165) is 30.0 Å². The summed E-state index contributed by atoms with van der Waals surface area (Å²) in [7, 11) is 2.14. The number of benzene rings is 1. The molecule has 1 saturated heterocycles. The van der Waals surface area contributed by atoms with Crippen LogP contribution in [-0.4, -0.2) is 47.9 Å². The van der Waals surface area contributed by atoms with Crippen molar-refractivity contribution in [3.05, 3.63) is 23.8 Å². The van der Waals surface area contributed by atoms with E-state index in [2.05, 4.69) is 24.2 Å². The Morgan fingerprint density at radius 1 is 1.50 bits per heavy atom. The molecule has 20 heavy (non-hydrogen) atoms. The summed E-state index contributed by atoms with van der Waals surface area (Å²) in [6, 6.07) is 6.51. The van der Waals surface area contributed by atoms with Crippen LogP contribution in [0.25, 0.3) is 0 Å². The first-order valence-electron chi connectivity index (χ1n) is 6.90. The normalized spacial score (nSPS) is 23.6. The van der Waals surface area contributed by atoms with Crippen LogP contribution in [0.4, 0.5) is 5.69 Å². The Hall–Kier alpha value is -1.20. The molecule has 2 N–H and O–H groups in total. The minimum atomic E-state index is -0.863. The van der Waals surface area contributed by atoms with E-state index in [1.807, 2.05) is 24.5 Å². The molecule has 1 fully saturated rings. The molecule has 110 valence electrons. The molecule has 1 aromatic carbocycles. The Morgan fingerprint density at radius 2 is 2.25 bits per heavy atom. The Labute approximate surface area is 124 Å². The standard InChI is InChI=1S/C15H22N2O2S/c1-10-9-11(7-8-17(10)2)16-12-5-4-6-13(20-3)14(12)15(18)19/h4-6,10-11,16H,7-9H2,1-3H3,(H,18,19). The highest BCUT2D eigenvalue weighted by Gasteiger charge is 2.24. The van der Waals surface area contributed by atoms with Crippen LogP contribution in [0, 0.1) is 0 Å². The van der Waals surface area contributed by atoms with Crippen LogP contribution in [0.5, 0.6) is 0 Å². The molecule has 0 aliphatic carbocycles. The number of hydrogen-bond donors (Lipinski definition) is 2. The van der Waals surface area contributed by atoms with Gasteiger partial charge in [0.25, 0.3) is 0 Å². The van der Waals surface area contributed by atoms with Crippen molar-refractivity contribution in [1.29, 1.82) is 0 Å². The van der Waals surface area contributed by atoms with E-state index >= 15 is 0 Å². The number of carboxylic acid groups (broad SMARTS) is 1. The molecule has 0 spiro atoms. The number of piperidine rings is 1. The highest BCUT2D eigenvalue weighted by Crippen LogP contribution is 2.29. The van der Waals surface area contributed by atoms with Crippen molar-refractivity contribution in [2.45, 2.75) is 36.7 Å². The van der Waals surface area contributed by atoms with Crippen molar-refractivity contribution in [2.24, 2.45) is 0 Å². The molecular formula is C15H22N2O2S. The van der Waals surface area contributed by atoms with Gasteiger partial charge < -0.3 is 15.3 Å². The maximum Gasteiger partial charge on any atom is 0.338 e. The minimum Gasteiger partial charge on any atom is -0.478 e. The fourth-order valence-electron chi connectivity index (χ4n) is 2.68. The smallest absolute Gasteiger partial charge is 0.338 e. The van der Waals surface area contributed by atoms with Gasteiger partial charge in [0, 0.05) is 23.5 Å². The first-order chi connectivity index (χ1) is 9.52. The molecule has 0 amide bonds. The van der Waals surface area contributed by atoms with Crippen LogP contribution in [-0.2, 0) is 0 Å². The van der Waals surface area contributed by atoms with Crippen molar-refractivity contribution >= 4 is 23.4 Å². The SMILES string of the molecule is CSc1cccc(NC2CCN(C)C(C)C2)c1C(=O)O. The molecule has 1 heterocycles. The van der Waals surface area contributed by atoms with E-state index in [-0.39, 0.29) is 0 Å². The van der Waals surface area contributed by atoms with E-state index in [9.17, 15) is 9.90 Å². The lowest BCUT2D eigenvalue weighted by molar-refractivity contribution is 0.0694.